The molecule has 1 aromatic carbocycles. The Morgan fingerprint density at radius 2 is 1.77 bits per heavy atom. The minimum atomic E-state index is 0.443. The molecule has 1 heteroatoms. The summed E-state index contributed by atoms with van der Waals surface area (Å²) < 4.78 is 0. The van der Waals surface area contributed by atoms with Crippen molar-refractivity contribution in [3.8, 4) is 0 Å². The molecule has 0 fully saturated rings. The van der Waals surface area contributed by atoms with E-state index in [9.17, 15) is 0 Å². The number of hydrogen-bond acceptors (Lipinski definition) is 1. The predicted molar refractivity (Wildman–Crippen MR) is 55.9 cm³/mol. The molecule has 0 radical (unpaired) electrons. The summed E-state index contributed by atoms with van der Waals surface area (Å²) in [6.07, 6.45) is 2.45. The first kappa shape index (κ1) is 8.76. The summed E-state index contributed by atoms with van der Waals surface area (Å²) in [4.78, 5) is 0. The van der Waals surface area contributed by atoms with Gasteiger partial charge in [0.25, 0.3) is 0 Å². The second-order valence-corrected chi connectivity index (χ2v) is 4.46. The lowest BCUT2D eigenvalue weighted by atomic mass is 9.87. The van der Waals surface area contributed by atoms with Crippen LogP contribution in [0.5, 0.6) is 0 Å². The standard InChI is InChI=1S/C12H17N/c1-12(9-13-2)7-10-5-3-4-6-11(10)8-12/h3-6,13H,7-9H2,1-2H3. The summed E-state index contributed by atoms with van der Waals surface area (Å²) in [7, 11) is 2.04. The zero-order chi connectivity index (χ0) is 9.31. The van der Waals surface area contributed by atoms with Crippen LogP contribution in [0.25, 0.3) is 0 Å². The van der Waals surface area contributed by atoms with Crippen molar-refractivity contribution in [2.45, 2.75) is 19.8 Å². The van der Waals surface area contributed by atoms with E-state index in [1.54, 1.807) is 11.1 Å². The highest BCUT2D eigenvalue weighted by Crippen LogP contribution is 2.35. The van der Waals surface area contributed by atoms with Crippen LogP contribution >= 0.6 is 0 Å². The number of rotatable bonds is 2. The van der Waals surface area contributed by atoms with Crippen LogP contribution < -0.4 is 5.32 Å². The Bertz CT molecular complexity index is 279. The van der Waals surface area contributed by atoms with Crippen molar-refractivity contribution in [2.24, 2.45) is 5.41 Å². The van der Waals surface area contributed by atoms with Crippen LogP contribution in [0.2, 0.25) is 0 Å². The Labute approximate surface area is 80.2 Å². The largest absolute Gasteiger partial charge is 0.319 e. The minimum absolute atomic E-state index is 0.443. The highest BCUT2D eigenvalue weighted by atomic mass is 14.8. The number of nitrogens with one attached hydrogen (secondary N) is 1. The highest BCUT2D eigenvalue weighted by molar-refractivity contribution is 5.34. The van der Waals surface area contributed by atoms with Gasteiger partial charge in [0.2, 0.25) is 0 Å². The third kappa shape index (κ3) is 1.61. The van der Waals surface area contributed by atoms with E-state index in [2.05, 4.69) is 36.5 Å². The summed E-state index contributed by atoms with van der Waals surface area (Å²) in [6, 6.07) is 8.81. The van der Waals surface area contributed by atoms with Gasteiger partial charge in [0.05, 0.1) is 0 Å². The van der Waals surface area contributed by atoms with Crippen LogP contribution in [0.4, 0.5) is 0 Å². The first-order chi connectivity index (χ1) is 6.23. The van der Waals surface area contributed by atoms with Gasteiger partial charge in [-0.05, 0) is 36.4 Å². The van der Waals surface area contributed by atoms with Crippen LogP contribution in [0.1, 0.15) is 18.1 Å². The topological polar surface area (TPSA) is 12.0 Å². The van der Waals surface area contributed by atoms with Gasteiger partial charge in [-0.25, -0.2) is 0 Å². The molecule has 70 valence electrons. The summed E-state index contributed by atoms with van der Waals surface area (Å²) in [6.45, 7) is 3.48. The van der Waals surface area contributed by atoms with Gasteiger partial charge in [0, 0.05) is 6.54 Å². The molecule has 1 aromatic rings. The van der Waals surface area contributed by atoms with Gasteiger partial charge >= 0.3 is 0 Å². The van der Waals surface area contributed by atoms with Crippen LogP contribution in [0, 0.1) is 5.41 Å². The molecule has 2 rings (SSSR count). The zero-order valence-corrected chi connectivity index (χ0v) is 8.43. The van der Waals surface area contributed by atoms with Crippen molar-refractivity contribution in [2.75, 3.05) is 13.6 Å². The van der Waals surface area contributed by atoms with E-state index < -0.39 is 0 Å². The molecule has 0 atom stereocenters. The zero-order valence-electron chi connectivity index (χ0n) is 8.43. The van der Waals surface area contributed by atoms with E-state index >= 15 is 0 Å². The molecular weight excluding hydrogens is 158 g/mol. The van der Waals surface area contributed by atoms with E-state index in [1.807, 2.05) is 7.05 Å². The van der Waals surface area contributed by atoms with Crippen LogP contribution in [0.3, 0.4) is 0 Å². The molecule has 0 amide bonds. The van der Waals surface area contributed by atoms with E-state index in [0.717, 1.165) is 6.54 Å². The van der Waals surface area contributed by atoms with E-state index in [0.29, 0.717) is 5.41 Å². The summed E-state index contributed by atoms with van der Waals surface area (Å²) in [5.74, 6) is 0. The fourth-order valence-corrected chi connectivity index (χ4v) is 2.44. The fourth-order valence-electron chi connectivity index (χ4n) is 2.44. The third-order valence-corrected chi connectivity index (χ3v) is 2.96. The maximum absolute atomic E-state index is 3.28. The van der Waals surface area contributed by atoms with Crippen molar-refractivity contribution in [3.63, 3.8) is 0 Å². The monoisotopic (exact) mass is 175 g/mol. The fraction of sp³-hybridized carbons (Fsp3) is 0.500. The highest BCUT2D eigenvalue weighted by Gasteiger charge is 2.31. The molecule has 0 heterocycles. The van der Waals surface area contributed by atoms with Gasteiger partial charge in [-0.2, -0.15) is 0 Å². The number of benzene rings is 1. The van der Waals surface area contributed by atoms with E-state index in [4.69, 9.17) is 0 Å². The maximum atomic E-state index is 3.28. The van der Waals surface area contributed by atoms with E-state index in [1.165, 1.54) is 12.8 Å². The molecule has 0 saturated carbocycles. The van der Waals surface area contributed by atoms with Gasteiger partial charge in [0.15, 0.2) is 0 Å². The van der Waals surface area contributed by atoms with Crippen LogP contribution in [-0.4, -0.2) is 13.6 Å². The second-order valence-electron chi connectivity index (χ2n) is 4.46. The predicted octanol–water partition coefficient (Wildman–Crippen LogP) is 2.01. The molecule has 0 bridgehead atoms. The lowest BCUT2D eigenvalue weighted by molar-refractivity contribution is 0.334. The Morgan fingerprint density at radius 1 is 1.23 bits per heavy atom. The summed E-state index contributed by atoms with van der Waals surface area (Å²) in [5, 5.41) is 3.28. The molecule has 1 nitrogen and oxygen atoms in total. The van der Waals surface area contributed by atoms with Gasteiger partial charge in [-0.1, -0.05) is 31.2 Å². The number of hydrogen-bond donors (Lipinski definition) is 1. The Kier molecular flexibility index (Phi) is 2.12. The molecule has 0 aromatic heterocycles. The van der Waals surface area contributed by atoms with Gasteiger partial charge in [-0.15, -0.1) is 0 Å². The third-order valence-electron chi connectivity index (χ3n) is 2.96. The molecule has 0 aliphatic heterocycles. The van der Waals surface area contributed by atoms with Crippen LogP contribution in [0.15, 0.2) is 24.3 Å². The van der Waals surface area contributed by atoms with Gasteiger partial charge in [0.1, 0.15) is 0 Å². The molecule has 0 unspecified atom stereocenters. The molecule has 1 N–H and O–H groups in total. The van der Waals surface area contributed by atoms with Crippen molar-refractivity contribution < 1.29 is 0 Å². The quantitative estimate of drug-likeness (QED) is 0.725. The Balaban J connectivity index is 2.21. The molecule has 1 aliphatic carbocycles. The van der Waals surface area contributed by atoms with Crippen molar-refractivity contribution in [3.05, 3.63) is 35.4 Å². The first-order valence-corrected chi connectivity index (χ1v) is 4.95. The lowest BCUT2D eigenvalue weighted by Gasteiger charge is -2.22. The normalized spacial score (nSPS) is 18.6. The Morgan fingerprint density at radius 3 is 2.23 bits per heavy atom. The lowest BCUT2D eigenvalue weighted by Crippen LogP contribution is -2.30. The van der Waals surface area contributed by atoms with Crippen molar-refractivity contribution >= 4 is 0 Å². The molecular formula is C12H17N. The van der Waals surface area contributed by atoms with Crippen molar-refractivity contribution in [1.82, 2.24) is 5.32 Å². The molecule has 0 saturated heterocycles. The summed E-state index contributed by atoms with van der Waals surface area (Å²) in [5.41, 5.74) is 3.53. The molecule has 13 heavy (non-hydrogen) atoms. The van der Waals surface area contributed by atoms with Crippen molar-refractivity contribution in [1.29, 1.82) is 0 Å². The maximum Gasteiger partial charge on any atom is 0.000854 e. The Hall–Kier alpha value is -0.820. The average molecular weight is 175 g/mol. The van der Waals surface area contributed by atoms with E-state index in [-0.39, 0.29) is 0 Å². The number of fused-ring (bicyclic) bond motifs is 1. The van der Waals surface area contributed by atoms with Gasteiger partial charge in [-0.3, -0.25) is 0 Å². The van der Waals surface area contributed by atoms with Crippen LogP contribution in [-0.2, 0) is 12.8 Å². The average Bonchev–Trinajstić information content (AvgIpc) is 2.40. The molecule has 1 aliphatic rings. The smallest absolute Gasteiger partial charge is 0.000854 e. The summed E-state index contributed by atoms with van der Waals surface area (Å²) >= 11 is 0. The van der Waals surface area contributed by atoms with Gasteiger partial charge < -0.3 is 5.32 Å². The minimum Gasteiger partial charge on any atom is -0.319 e. The SMILES string of the molecule is CNCC1(C)Cc2ccccc2C1. The molecule has 0 spiro atoms. The first-order valence-electron chi connectivity index (χ1n) is 4.95. The second kappa shape index (κ2) is 3.15.